The minimum atomic E-state index is -4.25. The van der Waals surface area contributed by atoms with Crippen molar-refractivity contribution in [3.05, 3.63) is 48.7 Å². The van der Waals surface area contributed by atoms with Crippen molar-refractivity contribution in [1.82, 2.24) is 34.3 Å². The monoisotopic (exact) mass is 456 g/mol. The quantitative estimate of drug-likeness (QED) is 0.457. The van der Waals surface area contributed by atoms with Gasteiger partial charge in [-0.2, -0.15) is 18.3 Å². The van der Waals surface area contributed by atoms with Crippen molar-refractivity contribution in [2.24, 2.45) is 18.9 Å². The number of anilines is 2. The second-order valence-electron chi connectivity index (χ2n) is 8.39. The van der Waals surface area contributed by atoms with Crippen molar-refractivity contribution in [3.63, 3.8) is 0 Å². The van der Waals surface area contributed by atoms with Gasteiger partial charge in [0.25, 0.3) is 0 Å². The van der Waals surface area contributed by atoms with Crippen molar-refractivity contribution in [2.45, 2.75) is 38.3 Å². The molecule has 0 spiro atoms. The Morgan fingerprint density at radius 3 is 2.67 bits per heavy atom. The van der Waals surface area contributed by atoms with E-state index in [0.717, 1.165) is 24.2 Å². The van der Waals surface area contributed by atoms with Crippen LogP contribution in [0, 0.1) is 11.8 Å². The van der Waals surface area contributed by atoms with Gasteiger partial charge in [0.15, 0.2) is 5.65 Å². The van der Waals surface area contributed by atoms with Crippen LogP contribution in [0.5, 0.6) is 0 Å². The Morgan fingerprint density at radius 1 is 1.12 bits per heavy atom. The summed E-state index contributed by atoms with van der Waals surface area (Å²) in [6.07, 6.45) is 3.55. The van der Waals surface area contributed by atoms with E-state index in [2.05, 4.69) is 30.6 Å². The zero-order valence-electron chi connectivity index (χ0n) is 18.0. The molecule has 5 rings (SSSR count). The van der Waals surface area contributed by atoms with Crippen LogP contribution in [0.25, 0.3) is 16.9 Å². The summed E-state index contributed by atoms with van der Waals surface area (Å²) in [6.45, 7) is 0. The molecule has 4 aromatic rings. The lowest BCUT2D eigenvalue weighted by atomic mass is 9.87. The number of halogens is 3. The molecule has 1 atom stereocenters. The number of rotatable bonds is 6. The molecular formula is C22H23F3N8. The van der Waals surface area contributed by atoms with E-state index in [0.29, 0.717) is 36.0 Å². The summed E-state index contributed by atoms with van der Waals surface area (Å²) in [4.78, 5) is 8.77. The van der Waals surface area contributed by atoms with E-state index in [-0.39, 0.29) is 12.3 Å². The van der Waals surface area contributed by atoms with Crippen LogP contribution in [0.2, 0.25) is 0 Å². The van der Waals surface area contributed by atoms with Crippen LogP contribution in [0.15, 0.2) is 42.9 Å². The SMILES string of the molecule is Cn1nccc1Nc1nccc(-c2ccn3c(CC(C4CCCC4)C(F)(F)F)nnc3c2)n1. The molecule has 0 saturated heterocycles. The highest BCUT2D eigenvalue weighted by atomic mass is 19.4. The van der Waals surface area contributed by atoms with Gasteiger partial charge in [0.1, 0.15) is 11.6 Å². The fraction of sp³-hybridized carbons (Fsp3) is 0.409. The second-order valence-corrected chi connectivity index (χ2v) is 8.39. The minimum Gasteiger partial charge on any atom is -0.309 e. The highest BCUT2D eigenvalue weighted by molar-refractivity contribution is 5.65. The van der Waals surface area contributed by atoms with Gasteiger partial charge in [-0.15, -0.1) is 10.2 Å². The molecular weight excluding hydrogens is 433 g/mol. The molecule has 0 bridgehead atoms. The number of hydrogen-bond acceptors (Lipinski definition) is 6. The molecule has 0 aromatic carbocycles. The van der Waals surface area contributed by atoms with Gasteiger partial charge in [-0.3, -0.25) is 9.08 Å². The number of alkyl halides is 3. The largest absolute Gasteiger partial charge is 0.392 e. The van der Waals surface area contributed by atoms with Gasteiger partial charge in [0.2, 0.25) is 5.95 Å². The summed E-state index contributed by atoms with van der Waals surface area (Å²) in [7, 11) is 1.80. The molecule has 1 aliphatic carbocycles. The molecule has 1 unspecified atom stereocenters. The fourth-order valence-corrected chi connectivity index (χ4v) is 4.54. The molecule has 1 saturated carbocycles. The first-order valence-corrected chi connectivity index (χ1v) is 10.9. The van der Waals surface area contributed by atoms with Gasteiger partial charge in [0.05, 0.1) is 17.8 Å². The molecule has 1 fully saturated rings. The minimum absolute atomic E-state index is 0.166. The van der Waals surface area contributed by atoms with Crippen LogP contribution in [0.1, 0.15) is 31.5 Å². The summed E-state index contributed by atoms with van der Waals surface area (Å²) in [6, 6.07) is 7.13. The summed E-state index contributed by atoms with van der Waals surface area (Å²) in [5.74, 6) is -0.265. The molecule has 4 heterocycles. The zero-order valence-corrected chi connectivity index (χ0v) is 18.0. The number of aromatic nitrogens is 7. The smallest absolute Gasteiger partial charge is 0.309 e. The number of nitrogens with one attached hydrogen (secondary N) is 1. The molecule has 0 radical (unpaired) electrons. The average molecular weight is 456 g/mol. The van der Waals surface area contributed by atoms with Gasteiger partial charge in [0, 0.05) is 37.5 Å². The Hall–Kier alpha value is -3.50. The maximum absolute atomic E-state index is 13.8. The predicted octanol–water partition coefficient (Wildman–Crippen LogP) is 4.57. The maximum Gasteiger partial charge on any atom is 0.392 e. The van der Waals surface area contributed by atoms with E-state index in [1.807, 2.05) is 0 Å². The van der Waals surface area contributed by atoms with Gasteiger partial charge in [-0.25, -0.2) is 9.97 Å². The van der Waals surface area contributed by atoms with E-state index in [1.165, 1.54) is 0 Å². The van der Waals surface area contributed by atoms with Crippen molar-refractivity contribution in [1.29, 1.82) is 0 Å². The standard InChI is InChI=1S/C22H23F3N8/c1-32-18(7-10-27-32)29-21-26-9-6-17(28-21)15-8-11-33-19(12-15)30-31-20(33)13-16(22(23,24)25)14-4-2-3-5-14/h6-12,14,16H,2-5,13H2,1H3,(H,26,28,29). The second kappa shape index (κ2) is 8.45. The third-order valence-corrected chi connectivity index (χ3v) is 6.28. The van der Waals surface area contributed by atoms with Gasteiger partial charge < -0.3 is 5.32 Å². The summed E-state index contributed by atoms with van der Waals surface area (Å²) in [5, 5.41) is 15.4. The maximum atomic E-state index is 13.8. The van der Waals surface area contributed by atoms with Crippen LogP contribution in [-0.2, 0) is 13.5 Å². The van der Waals surface area contributed by atoms with Crippen molar-refractivity contribution < 1.29 is 13.2 Å². The Morgan fingerprint density at radius 2 is 1.94 bits per heavy atom. The van der Waals surface area contributed by atoms with E-state index in [1.54, 1.807) is 59.0 Å². The van der Waals surface area contributed by atoms with Crippen molar-refractivity contribution in [2.75, 3.05) is 5.32 Å². The highest BCUT2D eigenvalue weighted by Crippen LogP contribution is 2.42. The lowest BCUT2D eigenvalue weighted by Gasteiger charge is -2.25. The Labute approximate surface area is 187 Å². The summed E-state index contributed by atoms with van der Waals surface area (Å²) < 4.78 is 44.6. The van der Waals surface area contributed by atoms with E-state index in [9.17, 15) is 13.2 Å². The molecule has 0 amide bonds. The first-order chi connectivity index (χ1) is 15.9. The summed E-state index contributed by atoms with van der Waals surface area (Å²) in [5.41, 5.74) is 1.90. The Bertz CT molecular complexity index is 1260. The van der Waals surface area contributed by atoms with Gasteiger partial charge >= 0.3 is 6.18 Å². The van der Waals surface area contributed by atoms with Gasteiger partial charge in [-0.05, 0) is 37.0 Å². The number of nitrogens with zero attached hydrogens (tertiary/aromatic N) is 7. The molecule has 11 heteroatoms. The van der Waals surface area contributed by atoms with Crippen molar-refractivity contribution >= 4 is 17.4 Å². The first kappa shape index (κ1) is 21.4. The predicted molar refractivity (Wildman–Crippen MR) is 116 cm³/mol. The Balaban J connectivity index is 1.40. The number of aryl methyl sites for hydroxylation is 1. The van der Waals surface area contributed by atoms with Crippen LogP contribution < -0.4 is 5.32 Å². The average Bonchev–Trinajstić information content (AvgIpc) is 3.53. The third-order valence-electron chi connectivity index (χ3n) is 6.28. The van der Waals surface area contributed by atoms with Crippen LogP contribution in [0.3, 0.4) is 0 Å². The fourth-order valence-electron chi connectivity index (χ4n) is 4.54. The van der Waals surface area contributed by atoms with E-state index < -0.39 is 12.1 Å². The number of fused-ring (bicyclic) bond motifs is 1. The van der Waals surface area contributed by atoms with Gasteiger partial charge in [-0.1, -0.05) is 12.8 Å². The summed E-state index contributed by atoms with van der Waals surface area (Å²) >= 11 is 0. The highest BCUT2D eigenvalue weighted by Gasteiger charge is 2.45. The van der Waals surface area contributed by atoms with E-state index in [4.69, 9.17) is 0 Å². The molecule has 172 valence electrons. The normalized spacial score (nSPS) is 15.9. The number of hydrogen-bond donors (Lipinski definition) is 1. The lowest BCUT2D eigenvalue weighted by Crippen LogP contribution is -2.31. The third kappa shape index (κ3) is 4.39. The van der Waals surface area contributed by atoms with E-state index >= 15 is 0 Å². The van der Waals surface area contributed by atoms with Crippen molar-refractivity contribution in [3.8, 4) is 11.3 Å². The molecule has 0 aliphatic heterocycles. The molecule has 4 aromatic heterocycles. The molecule has 33 heavy (non-hydrogen) atoms. The van der Waals surface area contributed by atoms with Crippen LogP contribution >= 0.6 is 0 Å². The lowest BCUT2D eigenvalue weighted by molar-refractivity contribution is -0.188. The first-order valence-electron chi connectivity index (χ1n) is 10.9. The number of pyridine rings is 1. The topological polar surface area (TPSA) is 85.8 Å². The molecule has 1 aliphatic rings. The molecule has 1 N–H and O–H groups in total. The zero-order chi connectivity index (χ0) is 23.0. The molecule has 8 nitrogen and oxygen atoms in total. The Kier molecular flexibility index (Phi) is 5.47. The van der Waals surface area contributed by atoms with Crippen LogP contribution in [0.4, 0.5) is 24.9 Å². The van der Waals surface area contributed by atoms with Crippen LogP contribution in [-0.4, -0.2) is 40.5 Å².